The number of hydrogen-bond donors (Lipinski definition) is 2. The molecule has 1 aliphatic heterocycles. The molecule has 1 aromatic heterocycles. The van der Waals surface area contributed by atoms with Crippen molar-refractivity contribution in [3.8, 4) is 11.5 Å². The van der Waals surface area contributed by atoms with Crippen molar-refractivity contribution in [2.75, 3.05) is 26.1 Å². The third-order valence-corrected chi connectivity index (χ3v) is 5.62. The summed E-state index contributed by atoms with van der Waals surface area (Å²) < 4.78 is 21.1. The van der Waals surface area contributed by atoms with Crippen LogP contribution in [0.2, 0.25) is 0 Å². The molecule has 1 aliphatic rings. The number of para-hydroxylation sites is 2. The lowest BCUT2D eigenvalue weighted by atomic mass is 10.1. The van der Waals surface area contributed by atoms with Crippen LogP contribution in [0.5, 0.6) is 11.5 Å². The van der Waals surface area contributed by atoms with Gasteiger partial charge in [-0.2, -0.15) is 0 Å². The van der Waals surface area contributed by atoms with E-state index in [9.17, 15) is 19.2 Å². The second-order valence-corrected chi connectivity index (χ2v) is 8.17. The zero-order chi connectivity index (χ0) is 27.2. The molecule has 2 N–H and O–H groups in total. The van der Waals surface area contributed by atoms with Crippen LogP contribution < -0.4 is 20.1 Å². The molecular formula is C27H25N3O8. The quantitative estimate of drug-likeness (QED) is 0.249. The zero-order valence-corrected chi connectivity index (χ0v) is 20.9. The molecule has 0 unspecified atom stereocenters. The Hall–Kier alpha value is -5.06. The highest BCUT2D eigenvalue weighted by atomic mass is 16.5. The van der Waals surface area contributed by atoms with Gasteiger partial charge in [-0.05, 0) is 42.8 Å². The SMILES string of the molecule is COC(=O)c1ccc(CN2C(=O)N/C(=C\c3cccc(OC)c3OCC(=O)Nc3ccccc3C)C2=O)o1. The van der Waals surface area contributed by atoms with E-state index in [-0.39, 0.29) is 42.0 Å². The number of methoxy groups -OCH3 is 2. The smallest absolute Gasteiger partial charge is 0.373 e. The first-order chi connectivity index (χ1) is 18.3. The Bertz CT molecular complexity index is 1430. The fourth-order valence-electron chi connectivity index (χ4n) is 3.70. The fourth-order valence-corrected chi connectivity index (χ4v) is 3.70. The van der Waals surface area contributed by atoms with Crippen molar-refractivity contribution in [1.82, 2.24) is 10.2 Å². The molecule has 4 amide bonds. The highest BCUT2D eigenvalue weighted by molar-refractivity contribution is 6.14. The number of imide groups is 1. The second-order valence-electron chi connectivity index (χ2n) is 8.17. The molecule has 1 saturated heterocycles. The molecule has 11 nitrogen and oxygen atoms in total. The summed E-state index contributed by atoms with van der Waals surface area (Å²) in [5, 5.41) is 5.31. The summed E-state index contributed by atoms with van der Waals surface area (Å²) in [6.07, 6.45) is 1.43. The Morgan fingerprint density at radius 1 is 1.05 bits per heavy atom. The van der Waals surface area contributed by atoms with Crippen molar-refractivity contribution >= 4 is 35.6 Å². The van der Waals surface area contributed by atoms with Crippen LogP contribution in [-0.4, -0.2) is 49.5 Å². The molecule has 0 atom stereocenters. The lowest BCUT2D eigenvalue weighted by Gasteiger charge is -2.14. The summed E-state index contributed by atoms with van der Waals surface area (Å²) in [5.74, 6) is -0.941. The molecule has 1 fully saturated rings. The Labute approximate surface area is 218 Å². The van der Waals surface area contributed by atoms with Gasteiger partial charge >= 0.3 is 12.0 Å². The summed E-state index contributed by atoms with van der Waals surface area (Å²) in [6.45, 7) is 1.36. The fraction of sp³-hybridized carbons (Fsp3) is 0.185. The van der Waals surface area contributed by atoms with Gasteiger partial charge < -0.3 is 29.3 Å². The molecule has 0 radical (unpaired) electrons. The molecule has 4 rings (SSSR count). The molecule has 3 aromatic rings. The number of furan rings is 1. The van der Waals surface area contributed by atoms with Crippen molar-refractivity contribution in [2.45, 2.75) is 13.5 Å². The lowest BCUT2D eigenvalue weighted by molar-refractivity contribution is -0.123. The monoisotopic (exact) mass is 519 g/mol. The average Bonchev–Trinajstić information content (AvgIpc) is 3.49. The molecule has 196 valence electrons. The van der Waals surface area contributed by atoms with Crippen LogP contribution in [0.25, 0.3) is 6.08 Å². The average molecular weight is 520 g/mol. The molecule has 38 heavy (non-hydrogen) atoms. The number of nitrogens with one attached hydrogen (secondary N) is 2. The minimum atomic E-state index is -0.674. The Kier molecular flexibility index (Phi) is 7.76. The Morgan fingerprint density at radius 3 is 2.58 bits per heavy atom. The van der Waals surface area contributed by atoms with E-state index in [1.807, 2.05) is 25.1 Å². The maximum Gasteiger partial charge on any atom is 0.373 e. The highest BCUT2D eigenvalue weighted by Gasteiger charge is 2.34. The van der Waals surface area contributed by atoms with Gasteiger partial charge in [0, 0.05) is 11.3 Å². The molecule has 0 saturated carbocycles. The summed E-state index contributed by atoms with van der Waals surface area (Å²) in [5.41, 5.74) is 1.96. The van der Waals surface area contributed by atoms with Crippen molar-refractivity contribution in [3.05, 3.63) is 82.9 Å². The minimum absolute atomic E-state index is 0.0165. The van der Waals surface area contributed by atoms with Crippen LogP contribution in [0.4, 0.5) is 10.5 Å². The van der Waals surface area contributed by atoms with Crippen LogP contribution in [0.1, 0.15) is 27.4 Å². The van der Waals surface area contributed by atoms with Crippen LogP contribution >= 0.6 is 0 Å². The summed E-state index contributed by atoms with van der Waals surface area (Å²) >= 11 is 0. The normalized spacial score (nSPS) is 13.9. The van der Waals surface area contributed by atoms with E-state index in [2.05, 4.69) is 15.4 Å². The Morgan fingerprint density at radius 2 is 1.84 bits per heavy atom. The summed E-state index contributed by atoms with van der Waals surface area (Å²) in [4.78, 5) is 50.6. The van der Waals surface area contributed by atoms with Gasteiger partial charge in [0.1, 0.15) is 11.5 Å². The molecule has 0 spiro atoms. The third kappa shape index (κ3) is 5.67. The van der Waals surface area contributed by atoms with E-state index in [0.29, 0.717) is 17.0 Å². The first-order valence-electron chi connectivity index (χ1n) is 11.5. The molecular weight excluding hydrogens is 494 g/mol. The van der Waals surface area contributed by atoms with Crippen molar-refractivity contribution in [1.29, 1.82) is 0 Å². The predicted molar refractivity (Wildman–Crippen MR) is 135 cm³/mol. The summed E-state index contributed by atoms with van der Waals surface area (Å²) in [7, 11) is 2.66. The minimum Gasteiger partial charge on any atom is -0.493 e. The number of urea groups is 1. The van der Waals surface area contributed by atoms with E-state index in [4.69, 9.17) is 13.9 Å². The van der Waals surface area contributed by atoms with Gasteiger partial charge in [-0.3, -0.25) is 14.5 Å². The first-order valence-corrected chi connectivity index (χ1v) is 11.5. The number of aryl methyl sites for hydroxylation is 1. The van der Waals surface area contributed by atoms with E-state index < -0.39 is 17.9 Å². The van der Waals surface area contributed by atoms with Gasteiger partial charge in [-0.1, -0.05) is 30.3 Å². The number of esters is 1. The van der Waals surface area contributed by atoms with Crippen molar-refractivity contribution < 1.29 is 37.8 Å². The van der Waals surface area contributed by atoms with Gasteiger partial charge in [0.05, 0.1) is 20.8 Å². The van der Waals surface area contributed by atoms with Crippen LogP contribution in [0, 0.1) is 6.92 Å². The number of carbonyl (C=O) groups is 4. The largest absolute Gasteiger partial charge is 0.493 e. The molecule has 0 aliphatic carbocycles. The van der Waals surface area contributed by atoms with Crippen LogP contribution in [0.15, 0.2) is 64.7 Å². The van der Waals surface area contributed by atoms with Crippen molar-refractivity contribution in [2.24, 2.45) is 0 Å². The molecule has 2 heterocycles. The number of carbonyl (C=O) groups excluding carboxylic acids is 4. The van der Waals surface area contributed by atoms with E-state index in [1.54, 1.807) is 24.3 Å². The van der Waals surface area contributed by atoms with E-state index in [1.165, 1.54) is 32.4 Å². The van der Waals surface area contributed by atoms with Crippen LogP contribution in [0.3, 0.4) is 0 Å². The standard InChI is InChI=1S/C27H25N3O8/c1-16-7-4-5-9-19(16)28-23(31)15-37-24-17(8-6-10-21(24)35-2)13-20-25(32)30(27(34)29-20)14-18-11-12-22(38-18)26(33)36-3/h4-13H,14-15H2,1-3H3,(H,28,31)(H,29,34)/b20-13-. The second kappa shape index (κ2) is 11.3. The van der Waals surface area contributed by atoms with Crippen molar-refractivity contribution in [3.63, 3.8) is 0 Å². The van der Waals surface area contributed by atoms with E-state index >= 15 is 0 Å². The third-order valence-electron chi connectivity index (χ3n) is 5.62. The number of amides is 4. The number of anilines is 1. The maximum atomic E-state index is 13.0. The molecule has 11 heteroatoms. The first kappa shape index (κ1) is 26.0. The van der Waals surface area contributed by atoms with Gasteiger partial charge in [0.25, 0.3) is 11.8 Å². The summed E-state index contributed by atoms with van der Waals surface area (Å²) in [6, 6.07) is 14.5. The predicted octanol–water partition coefficient (Wildman–Crippen LogP) is 3.49. The topological polar surface area (TPSA) is 136 Å². The Balaban J connectivity index is 1.50. The number of nitrogens with zero attached hydrogens (tertiary/aromatic N) is 1. The van der Waals surface area contributed by atoms with Gasteiger partial charge in [-0.25, -0.2) is 9.59 Å². The van der Waals surface area contributed by atoms with Gasteiger partial charge in [0.2, 0.25) is 5.76 Å². The van der Waals surface area contributed by atoms with E-state index in [0.717, 1.165) is 10.5 Å². The number of benzene rings is 2. The number of ether oxygens (including phenoxy) is 3. The zero-order valence-electron chi connectivity index (χ0n) is 20.9. The number of hydrogen-bond acceptors (Lipinski definition) is 8. The molecule has 2 aromatic carbocycles. The van der Waals surface area contributed by atoms with Crippen LogP contribution in [-0.2, 0) is 20.9 Å². The molecule has 0 bridgehead atoms. The van der Waals surface area contributed by atoms with Gasteiger partial charge in [-0.15, -0.1) is 0 Å². The lowest BCUT2D eigenvalue weighted by Crippen LogP contribution is -2.30. The maximum absolute atomic E-state index is 13.0. The van der Waals surface area contributed by atoms with Gasteiger partial charge in [0.15, 0.2) is 18.1 Å². The number of rotatable bonds is 9. The highest BCUT2D eigenvalue weighted by Crippen LogP contribution is 2.33.